The van der Waals surface area contributed by atoms with Crippen LogP contribution >= 0.6 is 0 Å². The summed E-state index contributed by atoms with van der Waals surface area (Å²) in [5.74, 6) is 2.42. The summed E-state index contributed by atoms with van der Waals surface area (Å²) in [5.41, 5.74) is 3.17. The zero-order valence-corrected chi connectivity index (χ0v) is 15.1. The Morgan fingerprint density at radius 2 is 1.92 bits per heavy atom. The van der Waals surface area contributed by atoms with Gasteiger partial charge in [0.2, 0.25) is 5.95 Å². The molecule has 128 valence electrons. The van der Waals surface area contributed by atoms with E-state index >= 15 is 0 Å². The molecule has 1 aromatic carbocycles. The van der Waals surface area contributed by atoms with Crippen LogP contribution in [0.1, 0.15) is 25.5 Å². The van der Waals surface area contributed by atoms with Gasteiger partial charge in [-0.2, -0.15) is 4.98 Å². The van der Waals surface area contributed by atoms with E-state index < -0.39 is 0 Å². The van der Waals surface area contributed by atoms with Crippen molar-refractivity contribution in [3.8, 4) is 0 Å². The fourth-order valence-electron chi connectivity index (χ4n) is 3.14. The molecule has 0 saturated carbocycles. The topological polar surface area (TPSA) is 44.3 Å². The maximum atomic E-state index is 4.74. The molecule has 5 heteroatoms. The van der Waals surface area contributed by atoms with Gasteiger partial charge in [0.25, 0.3) is 0 Å². The van der Waals surface area contributed by atoms with E-state index in [2.05, 4.69) is 57.4 Å². The minimum atomic E-state index is 0.667. The van der Waals surface area contributed by atoms with Crippen LogP contribution in [0.15, 0.2) is 30.3 Å². The molecule has 1 atom stereocenters. The van der Waals surface area contributed by atoms with Gasteiger partial charge in [-0.25, -0.2) is 4.98 Å². The number of benzene rings is 1. The van der Waals surface area contributed by atoms with Gasteiger partial charge >= 0.3 is 0 Å². The van der Waals surface area contributed by atoms with E-state index in [0.29, 0.717) is 5.95 Å². The highest BCUT2D eigenvalue weighted by atomic mass is 15.2. The third-order valence-electron chi connectivity index (χ3n) is 4.46. The first-order chi connectivity index (χ1) is 11.5. The van der Waals surface area contributed by atoms with E-state index in [-0.39, 0.29) is 0 Å². The molecule has 0 radical (unpaired) electrons. The zero-order chi connectivity index (χ0) is 17.1. The second-order valence-electron chi connectivity index (χ2n) is 6.95. The molecule has 1 saturated heterocycles. The number of anilines is 4. The van der Waals surface area contributed by atoms with Crippen molar-refractivity contribution in [2.24, 2.45) is 5.92 Å². The van der Waals surface area contributed by atoms with Crippen molar-refractivity contribution < 1.29 is 0 Å². The van der Waals surface area contributed by atoms with Crippen LogP contribution in [-0.4, -0.2) is 37.2 Å². The summed E-state index contributed by atoms with van der Waals surface area (Å²) in [6.07, 6.45) is 2.54. The van der Waals surface area contributed by atoms with E-state index in [1.54, 1.807) is 0 Å². The van der Waals surface area contributed by atoms with Crippen LogP contribution in [0.3, 0.4) is 0 Å². The lowest BCUT2D eigenvalue weighted by molar-refractivity contribution is 0.444. The zero-order valence-electron chi connectivity index (χ0n) is 15.1. The predicted molar refractivity (Wildman–Crippen MR) is 101 cm³/mol. The van der Waals surface area contributed by atoms with Crippen molar-refractivity contribution in [1.82, 2.24) is 9.97 Å². The third kappa shape index (κ3) is 3.96. The molecule has 3 rings (SSSR count). The van der Waals surface area contributed by atoms with Crippen molar-refractivity contribution in [3.05, 3.63) is 36.0 Å². The molecule has 1 N–H and O–H groups in total. The molecule has 24 heavy (non-hydrogen) atoms. The number of aromatic nitrogens is 2. The smallest absolute Gasteiger partial charge is 0.229 e. The first-order valence-electron chi connectivity index (χ1n) is 8.66. The van der Waals surface area contributed by atoms with E-state index in [1.807, 2.05) is 21.0 Å². The number of aryl methyl sites for hydroxylation is 1. The van der Waals surface area contributed by atoms with Crippen molar-refractivity contribution >= 4 is 23.1 Å². The molecular weight excluding hydrogens is 298 g/mol. The second kappa shape index (κ2) is 7.07. The Hall–Kier alpha value is -2.30. The van der Waals surface area contributed by atoms with Gasteiger partial charge in [0.15, 0.2) is 0 Å². The van der Waals surface area contributed by atoms with Gasteiger partial charge in [-0.3, -0.25) is 0 Å². The number of hydrogen-bond donors (Lipinski definition) is 1. The molecule has 0 spiro atoms. The first kappa shape index (κ1) is 16.6. The summed E-state index contributed by atoms with van der Waals surface area (Å²) in [6.45, 7) is 6.50. The average molecular weight is 325 g/mol. The van der Waals surface area contributed by atoms with Crippen LogP contribution in [0, 0.1) is 12.8 Å². The average Bonchev–Trinajstić information content (AvgIpc) is 2.55. The fraction of sp³-hybridized carbons (Fsp3) is 0.474. The lowest BCUT2D eigenvalue weighted by atomic mass is 10.0. The molecule has 5 nitrogen and oxygen atoms in total. The van der Waals surface area contributed by atoms with E-state index in [9.17, 15) is 0 Å². The van der Waals surface area contributed by atoms with Gasteiger partial charge in [0.1, 0.15) is 5.82 Å². The fourth-order valence-corrected chi connectivity index (χ4v) is 3.14. The summed E-state index contributed by atoms with van der Waals surface area (Å²) >= 11 is 0. The summed E-state index contributed by atoms with van der Waals surface area (Å²) < 4.78 is 0. The Morgan fingerprint density at radius 3 is 2.58 bits per heavy atom. The van der Waals surface area contributed by atoms with Crippen molar-refractivity contribution in [2.45, 2.75) is 26.7 Å². The quantitative estimate of drug-likeness (QED) is 0.925. The number of hydrogen-bond acceptors (Lipinski definition) is 5. The SMILES string of the molecule is Cc1cc(N2CCCC(C)C2)nc(Nc2ccc(N(C)C)cc2)n1. The van der Waals surface area contributed by atoms with E-state index in [1.165, 1.54) is 18.5 Å². The highest BCUT2D eigenvalue weighted by Crippen LogP contribution is 2.24. The Bertz CT molecular complexity index is 681. The normalized spacial score (nSPS) is 17.7. The Kier molecular flexibility index (Phi) is 4.88. The maximum Gasteiger partial charge on any atom is 0.229 e. The van der Waals surface area contributed by atoms with Gasteiger partial charge in [-0.05, 0) is 49.9 Å². The predicted octanol–water partition coefficient (Wildman–Crippen LogP) is 3.83. The number of rotatable bonds is 4. The molecule has 1 aromatic heterocycles. The standard InChI is InChI=1S/C19H27N5/c1-14-6-5-11-24(13-14)18-12-15(2)20-19(22-18)21-16-7-9-17(10-8-16)23(3)4/h7-10,12,14H,5-6,11,13H2,1-4H3,(H,20,21,22). The minimum absolute atomic E-state index is 0.667. The van der Waals surface area contributed by atoms with Crippen LogP contribution in [-0.2, 0) is 0 Å². The summed E-state index contributed by atoms with van der Waals surface area (Å²) in [6, 6.07) is 10.4. The van der Waals surface area contributed by atoms with E-state index in [4.69, 9.17) is 4.98 Å². The van der Waals surface area contributed by atoms with Gasteiger partial charge < -0.3 is 15.1 Å². The van der Waals surface area contributed by atoms with Gasteiger partial charge in [-0.1, -0.05) is 6.92 Å². The molecule has 0 aliphatic carbocycles. The molecule has 1 fully saturated rings. The Labute approximate surface area is 144 Å². The monoisotopic (exact) mass is 325 g/mol. The number of nitrogens with zero attached hydrogens (tertiary/aromatic N) is 4. The lowest BCUT2D eigenvalue weighted by Gasteiger charge is -2.32. The van der Waals surface area contributed by atoms with Gasteiger partial charge in [-0.15, -0.1) is 0 Å². The molecule has 0 amide bonds. The largest absolute Gasteiger partial charge is 0.378 e. The second-order valence-corrected chi connectivity index (χ2v) is 6.95. The van der Waals surface area contributed by atoms with E-state index in [0.717, 1.165) is 36.2 Å². The molecule has 1 aliphatic heterocycles. The minimum Gasteiger partial charge on any atom is -0.378 e. The van der Waals surface area contributed by atoms with Crippen LogP contribution < -0.4 is 15.1 Å². The van der Waals surface area contributed by atoms with Crippen molar-refractivity contribution in [2.75, 3.05) is 42.3 Å². The lowest BCUT2D eigenvalue weighted by Crippen LogP contribution is -2.35. The summed E-state index contributed by atoms with van der Waals surface area (Å²) in [4.78, 5) is 13.7. The first-order valence-corrected chi connectivity index (χ1v) is 8.66. The summed E-state index contributed by atoms with van der Waals surface area (Å²) in [5, 5.41) is 3.33. The van der Waals surface area contributed by atoms with Crippen LogP contribution in [0.4, 0.5) is 23.1 Å². The van der Waals surface area contributed by atoms with Crippen LogP contribution in [0.2, 0.25) is 0 Å². The van der Waals surface area contributed by atoms with Crippen molar-refractivity contribution in [3.63, 3.8) is 0 Å². The van der Waals surface area contributed by atoms with Gasteiger partial charge in [0.05, 0.1) is 0 Å². The number of nitrogens with one attached hydrogen (secondary N) is 1. The highest BCUT2D eigenvalue weighted by molar-refractivity contribution is 5.60. The number of piperidine rings is 1. The molecule has 2 heterocycles. The summed E-state index contributed by atoms with van der Waals surface area (Å²) in [7, 11) is 4.08. The molecule has 1 aliphatic rings. The van der Waals surface area contributed by atoms with Crippen molar-refractivity contribution in [1.29, 1.82) is 0 Å². The Morgan fingerprint density at radius 1 is 1.17 bits per heavy atom. The molecule has 1 unspecified atom stereocenters. The van der Waals surface area contributed by atoms with Crippen LogP contribution in [0.25, 0.3) is 0 Å². The van der Waals surface area contributed by atoms with Crippen LogP contribution in [0.5, 0.6) is 0 Å². The molecule has 2 aromatic rings. The maximum absolute atomic E-state index is 4.74. The highest BCUT2D eigenvalue weighted by Gasteiger charge is 2.18. The molecule has 0 bridgehead atoms. The Balaban J connectivity index is 1.78. The molecular formula is C19H27N5. The third-order valence-corrected chi connectivity index (χ3v) is 4.46. The van der Waals surface area contributed by atoms with Gasteiger partial charge in [0, 0.05) is 50.3 Å².